The molecule has 5 rings (SSSR count). The number of non-ortho nitro benzene ring substituents is 1. The number of aliphatic hydroxyl groups is 6. The molecule has 1 amide bonds. The molecule has 3 aliphatic heterocycles. The van der Waals surface area contributed by atoms with Crippen molar-refractivity contribution in [1.29, 1.82) is 0 Å². The van der Waals surface area contributed by atoms with E-state index in [1.165, 1.54) is 31.2 Å². The van der Waals surface area contributed by atoms with Crippen LogP contribution in [0.2, 0.25) is 0 Å². The number of carbonyl (C=O) groups is 2. The van der Waals surface area contributed by atoms with Gasteiger partial charge in [0, 0.05) is 30.8 Å². The van der Waals surface area contributed by atoms with Gasteiger partial charge >= 0.3 is 5.97 Å². The Balaban J connectivity index is 1.34. The van der Waals surface area contributed by atoms with Crippen molar-refractivity contribution in [3.63, 3.8) is 0 Å². The molecule has 1 unspecified atom stereocenters. The molecule has 19 heteroatoms. The maximum Gasteiger partial charge on any atom is 0.332 e. The Labute approximate surface area is 304 Å². The smallest absolute Gasteiger partial charge is 0.332 e. The highest BCUT2D eigenvalue weighted by Gasteiger charge is 2.51. The zero-order chi connectivity index (χ0) is 38.4. The Hall–Kier alpha value is -2.92. The van der Waals surface area contributed by atoms with Crippen LogP contribution in [0.3, 0.4) is 0 Å². The number of benzene rings is 1. The fraction of sp³-hybridized carbons (Fsp3) is 0.765. The molecule has 1 saturated carbocycles. The van der Waals surface area contributed by atoms with Crippen LogP contribution in [-0.2, 0) is 33.2 Å². The Morgan fingerprint density at radius 1 is 0.887 bits per heavy atom. The molecule has 3 heterocycles. The molecular weight excluding hydrogens is 708 g/mol. The number of hydrogen-bond acceptors (Lipinski definition) is 16. The molecule has 19 nitrogen and oxygen atoms in total. The molecule has 1 aromatic carbocycles. The van der Waals surface area contributed by atoms with Crippen molar-refractivity contribution in [1.82, 2.24) is 5.32 Å². The van der Waals surface area contributed by atoms with E-state index in [0.717, 1.165) is 32.1 Å². The second-order valence-electron chi connectivity index (χ2n) is 14.0. The molecule has 298 valence electrons. The van der Waals surface area contributed by atoms with Crippen LogP contribution in [0.25, 0.3) is 0 Å². The number of carboxylic acids is 1. The summed E-state index contributed by atoms with van der Waals surface area (Å²) in [6.07, 6.45) is -15.1. The van der Waals surface area contributed by atoms with Crippen molar-refractivity contribution < 1.29 is 78.7 Å². The van der Waals surface area contributed by atoms with Gasteiger partial charge in [-0.3, -0.25) is 14.9 Å². The maximum absolute atomic E-state index is 13.0. The van der Waals surface area contributed by atoms with E-state index >= 15 is 0 Å². The minimum absolute atomic E-state index is 0.0195. The van der Waals surface area contributed by atoms with Gasteiger partial charge in [-0.25, -0.2) is 4.79 Å². The zero-order valence-corrected chi connectivity index (χ0v) is 29.2. The highest BCUT2D eigenvalue weighted by Crippen LogP contribution is 2.34. The first-order valence-corrected chi connectivity index (χ1v) is 17.9. The van der Waals surface area contributed by atoms with Crippen LogP contribution in [0, 0.1) is 16.0 Å². The summed E-state index contributed by atoms with van der Waals surface area (Å²) in [5.41, 5.74) is -0.105. The molecule has 8 N–H and O–H groups in total. The molecule has 1 aromatic rings. The minimum atomic E-state index is -1.77. The molecular formula is C34H50N2O17. The van der Waals surface area contributed by atoms with E-state index in [9.17, 15) is 55.4 Å². The van der Waals surface area contributed by atoms with Crippen molar-refractivity contribution >= 4 is 17.6 Å². The number of aliphatic hydroxyl groups excluding tert-OH is 6. The summed E-state index contributed by atoms with van der Waals surface area (Å²) >= 11 is 0. The largest absolute Gasteiger partial charge is 0.479 e. The molecule has 0 aromatic heterocycles. The number of ether oxygens (including phenoxy) is 6. The van der Waals surface area contributed by atoms with Crippen LogP contribution >= 0.6 is 0 Å². The summed E-state index contributed by atoms with van der Waals surface area (Å²) in [6, 6.07) is 4.88. The second-order valence-corrected chi connectivity index (χ2v) is 14.0. The number of hydrogen-bond donors (Lipinski definition) is 8. The Morgan fingerprint density at radius 3 is 2.21 bits per heavy atom. The third kappa shape index (κ3) is 10.0. The Morgan fingerprint density at radius 2 is 1.57 bits per heavy atom. The molecule has 1 aliphatic carbocycles. The Kier molecular flexibility index (Phi) is 14.5. The predicted octanol–water partition coefficient (Wildman–Crippen LogP) is -1.04. The number of rotatable bonds is 14. The molecule has 4 fully saturated rings. The van der Waals surface area contributed by atoms with Crippen molar-refractivity contribution in [3.05, 3.63) is 39.9 Å². The van der Waals surface area contributed by atoms with Gasteiger partial charge in [-0.15, -0.1) is 0 Å². The van der Waals surface area contributed by atoms with Gasteiger partial charge in [-0.2, -0.15) is 0 Å². The lowest BCUT2D eigenvalue weighted by atomic mass is 9.85. The van der Waals surface area contributed by atoms with Crippen LogP contribution in [0.5, 0.6) is 0 Å². The van der Waals surface area contributed by atoms with E-state index < -0.39 is 109 Å². The SMILES string of the molecule is C[C@H]1O[C@H](O[C@H]2C(CNC(=O)c3ccc([N+](=O)[O-])cc3)OCC[C@@H]2O[C@H]2O[C@@H](CO)[C@@H](O)[C@H](O[C@@H](CC3CCCCC3)C(=O)O)[C@H]2O)[C@@H](O)[C@H](O)[C@H]1O. The van der Waals surface area contributed by atoms with Crippen molar-refractivity contribution in [2.45, 2.75) is 138 Å². The standard InChI is InChI=1S/C34H50N2O17/c1-16-24(38)26(40)27(41)33(49-16)53-29-20(11-12-48-22(29)14-35-31(43)18-7-9-19(10-8-18)36(46)47)51-34-28(42)30(25(39)23(15-37)52-34)50-21(32(44)45)13-17-5-3-2-4-6-17/h7-10,16-17,20-30,33-34,37-42H,2-6,11-15H2,1H3,(H,35,43)(H,44,45)/t16-,20+,21+,22?,23+,24+,25-,26-,27+,28-,29-,30+,33-,34+/m1/s1. The number of nitrogens with zero attached hydrogens (tertiary/aromatic N) is 1. The normalized spacial score (nSPS) is 37.5. The monoisotopic (exact) mass is 758 g/mol. The number of carboxylic acid groups (broad SMARTS) is 1. The second kappa shape index (κ2) is 18.6. The fourth-order valence-corrected chi connectivity index (χ4v) is 7.27. The molecule has 0 bridgehead atoms. The first-order chi connectivity index (χ1) is 25.3. The highest BCUT2D eigenvalue weighted by atomic mass is 16.7. The van der Waals surface area contributed by atoms with Gasteiger partial charge in [0.15, 0.2) is 18.7 Å². The van der Waals surface area contributed by atoms with E-state index in [-0.39, 0.29) is 43.2 Å². The van der Waals surface area contributed by atoms with Gasteiger partial charge in [-0.1, -0.05) is 32.1 Å². The fourth-order valence-electron chi connectivity index (χ4n) is 7.27. The summed E-state index contributed by atoms with van der Waals surface area (Å²) in [5.74, 6) is -1.81. The summed E-state index contributed by atoms with van der Waals surface area (Å²) < 4.78 is 35.5. The van der Waals surface area contributed by atoms with E-state index in [2.05, 4.69) is 5.32 Å². The molecule has 14 atom stereocenters. The van der Waals surface area contributed by atoms with Gasteiger partial charge in [-0.05, 0) is 37.8 Å². The van der Waals surface area contributed by atoms with E-state index in [4.69, 9.17) is 28.4 Å². The summed E-state index contributed by atoms with van der Waals surface area (Å²) in [7, 11) is 0. The van der Waals surface area contributed by atoms with Crippen LogP contribution in [-0.4, -0.2) is 158 Å². The average molecular weight is 759 g/mol. The first-order valence-electron chi connectivity index (χ1n) is 17.9. The molecule has 0 radical (unpaired) electrons. The number of nitro groups is 1. The number of nitrogens with one attached hydrogen (secondary N) is 1. The minimum Gasteiger partial charge on any atom is -0.479 e. The average Bonchev–Trinajstić information content (AvgIpc) is 3.15. The van der Waals surface area contributed by atoms with Gasteiger partial charge in [0.2, 0.25) is 0 Å². The number of carbonyl (C=O) groups excluding carboxylic acids is 1. The first kappa shape index (κ1) is 41.2. The highest BCUT2D eigenvalue weighted by molar-refractivity contribution is 5.94. The van der Waals surface area contributed by atoms with Crippen molar-refractivity contribution in [3.8, 4) is 0 Å². The predicted molar refractivity (Wildman–Crippen MR) is 177 cm³/mol. The van der Waals surface area contributed by atoms with Gasteiger partial charge in [0.1, 0.15) is 54.9 Å². The summed E-state index contributed by atoms with van der Waals surface area (Å²) in [4.78, 5) is 35.7. The molecule has 0 spiro atoms. The lowest BCUT2D eigenvalue weighted by molar-refractivity contribution is -0.384. The number of nitro benzene ring substituents is 1. The van der Waals surface area contributed by atoms with Crippen LogP contribution in [0.1, 0.15) is 62.2 Å². The maximum atomic E-state index is 13.0. The molecule has 3 saturated heterocycles. The van der Waals surface area contributed by atoms with Gasteiger partial charge in [0.25, 0.3) is 11.6 Å². The van der Waals surface area contributed by atoms with Crippen molar-refractivity contribution in [2.24, 2.45) is 5.92 Å². The van der Waals surface area contributed by atoms with Gasteiger partial charge in [0.05, 0.1) is 23.7 Å². The summed E-state index contributed by atoms with van der Waals surface area (Å²) in [6.45, 7) is 0.503. The van der Waals surface area contributed by atoms with Gasteiger partial charge < -0.3 is 69.5 Å². The Bertz CT molecular complexity index is 1360. The molecule has 4 aliphatic rings. The van der Waals surface area contributed by atoms with E-state index in [0.29, 0.717) is 0 Å². The summed E-state index contributed by atoms with van der Waals surface area (Å²) in [5, 5.41) is 87.6. The van der Waals surface area contributed by atoms with Crippen LogP contribution in [0.15, 0.2) is 24.3 Å². The molecule has 53 heavy (non-hydrogen) atoms. The van der Waals surface area contributed by atoms with Crippen LogP contribution < -0.4 is 5.32 Å². The topological polar surface area (TPSA) is 286 Å². The third-order valence-electron chi connectivity index (χ3n) is 10.4. The lowest BCUT2D eigenvalue weighted by Gasteiger charge is -2.47. The lowest BCUT2D eigenvalue weighted by Crippen LogP contribution is -2.64. The number of amides is 1. The zero-order valence-electron chi connectivity index (χ0n) is 29.2. The van der Waals surface area contributed by atoms with E-state index in [1.807, 2.05) is 0 Å². The third-order valence-corrected chi connectivity index (χ3v) is 10.4. The van der Waals surface area contributed by atoms with E-state index in [1.54, 1.807) is 0 Å². The number of aliphatic carboxylic acids is 1. The van der Waals surface area contributed by atoms with Crippen LogP contribution in [0.4, 0.5) is 5.69 Å². The van der Waals surface area contributed by atoms with Crippen molar-refractivity contribution in [2.75, 3.05) is 19.8 Å². The quantitative estimate of drug-likeness (QED) is 0.0830.